The summed E-state index contributed by atoms with van der Waals surface area (Å²) in [6.45, 7) is 3.68. The van der Waals surface area contributed by atoms with E-state index in [2.05, 4.69) is 5.32 Å². The predicted molar refractivity (Wildman–Crippen MR) is 116 cm³/mol. The smallest absolute Gasteiger partial charge is 0.243 e. The number of benzene rings is 2. The Kier molecular flexibility index (Phi) is 7.71. The summed E-state index contributed by atoms with van der Waals surface area (Å²) in [6.07, 6.45) is 2.78. The van der Waals surface area contributed by atoms with Gasteiger partial charge < -0.3 is 19.7 Å². The number of ether oxygens (including phenoxy) is 2. The van der Waals surface area contributed by atoms with E-state index >= 15 is 0 Å². The summed E-state index contributed by atoms with van der Waals surface area (Å²) in [5, 5.41) is 2.97. The van der Waals surface area contributed by atoms with Crippen molar-refractivity contribution in [2.24, 2.45) is 0 Å². The predicted octanol–water partition coefficient (Wildman–Crippen LogP) is 3.33. The van der Waals surface area contributed by atoms with Gasteiger partial charge >= 0.3 is 0 Å². The molecule has 2 amide bonds. The molecule has 30 heavy (non-hydrogen) atoms. The lowest BCUT2D eigenvalue weighted by Gasteiger charge is -2.24. The largest absolute Gasteiger partial charge is 0.493 e. The molecule has 0 spiro atoms. The van der Waals surface area contributed by atoms with Crippen molar-refractivity contribution in [1.82, 2.24) is 10.2 Å². The van der Waals surface area contributed by atoms with Crippen LogP contribution < -0.4 is 14.8 Å². The number of amides is 2. The molecule has 160 valence electrons. The monoisotopic (exact) mass is 410 g/mol. The second-order valence-corrected chi connectivity index (χ2v) is 7.46. The summed E-state index contributed by atoms with van der Waals surface area (Å²) in [7, 11) is 1.60. The van der Waals surface area contributed by atoms with Crippen LogP contribution in [-0.4, -0.2) is 43.0 Å². The molecular formula is C24H30N2O4. The van der Waals surface area contributed by atoms with Crippen molar-refractivity contribution in [1.29, 1.82) is 0 Å². The maximum atomic E-state index is 12.8. The molecule has 1 atom stereocenters. The molecule has 1 saturated heterocycles. The van der Waals surface area contributed by atoms with Gasteiger partial charge in [-0.05, 0) is 42.5 Å². The highest BCUT2D eigenvalue weighted by molar-refractivity contribution is 5.89. The zero-order valence-electron chi connectivity index (χ0n) is 17.7. The van der Waals surface area contributed by atoms with Gasteiger partial charge in [0.2, 0.25) is 11.8 Å². The van der Waals surface area contributed by atoms with Gasteiger partial charge in [0.05, 0.1) is 20.1 Å². The highest BCUT2D eigenvalue weighted by Gasteiger charge is 2.33. The fourth-order valence-electron chi connectivity index (χ4n) is 3.67. The molecule has 0 aliphatic carbocycles. The molecule has 0 saturated carbocycles. The molecule has 6 nitrogen and oxygen atoms in total. The van der Waals surface area contributed by atoms with E-state index in [4.69, 9.17) is 9.47 Å². The van der Waals surface area contributed by atoms with E-state index in [0.717, 1.165) is 24.0 Å². The normalized spacial score (nSPS) is 15.7. The Balaban J connectivity index is 1.57. The number of nitrogens with one attached hydrogen (secondary N) is 1. The third-order valence-electron chi connectivity index (χ3n) is 5.23. The Labute approximate surface area is 178 Å². The molecule has 0 radical (unpaired) electrons. The third kappa shape index (κ3) is 5.53. The minimum atomic E-state index is -0.407. The lowest BCUT2D eigenvalue weighted by Crippen LogP contribution is -2.46. The topological polar surface area (TPSA) is 67.9 Å². The average Bonchev–Trinajstić information content (AvgIpc) is 3.27. The summed E-state index contributed by atoms with van der Waals surface area (Å²) in [6, 6.07) is 14.9. The van der Waals surface area contributed by atoms with Crippen molar-refractivity contribution in [2.75, 3.05) is 20.3 Å². The first-order chi connectivity index (χ1) is 14.6. The Bertz CT molecular complexity index is 854. The van der Waals surface area contributed by atoms with Crippen LogP contribution in [0.1, 0.15) is 37.3 Å². The Hall–Kier alpha value is -3.02. The Morgan fingerprint density at radius 1 is 1.10 bits per heavy atom. The van der Waals surface area contributed by atoms with Crippen molar-refractivity contribution < 1.29 is 19.1 Å². The maximum absolute atomic E-state index is 12.8. The van der Waals surface area contributed by atoms with Crippen LogP contribution in [0.3, 0.4) is 0 Å². The van der Waals surface area contributed by atoms with E-state index in [9.17, 15) is 9.59 Å². The van der Waals surface area contributed by atoms with Crippen LogP contribution in [0.2, 0.25) is 0 Å². The molecule has 2 aromatic carbocycles. The number of hydrogen-bond acceptors (Lipinski definition) is 4. The third-order valence-corrected chi connectivity index (χ3v) is 5.23. The van der Waals surface area contributed by atoms with E-state index in [1.807, 2.05) is 55.5 Å². The summed E-state index contributed by atoms with van der Waals surface area (Å²) < 4.78 is 11.1. The SMILES string of the molecule is CCCOc1ccc(CNC(=O)C2CCCN2C(=O)Cc2ccccc2)cc1OC. The average molecular weight is 411 g/mol. The van der Waals surface area contributed by atoms with Gasteiger partial charge in [0, 0.05) is 13.1 Å². The van der Waals surface area contributed by atoms with E-state index in [-0.39, 0.29) is 11.8 Å². The molecular weight excluding hydrogens is 380 g/mol. The van der Waals surface area contributed by atoms with Gasteiger partial charge in [-0.2, -0.15) is 0 Å². The molecule has 3 rings (SSSR count). The molecule has 0 aromatic heterocycles. The van der Waals surface area contributed by atoms with Crippen molar-refractivity contribution in [3.8, 4) is 11.5 Å². The highest BCUT2D eigenvalue weighted by atomic mass is 16.5. The lowest BCUT2D eigenvalue weighted by molar-refractivity contribution is -0.138. The Morgan fingerprint density at radius 3 is 2.63 bits per heavy atom. The number of hydrogen-bond donors (Lipinski definition) is 1. The quantitative estimate of drug-likeness (QED) is 0.689. The van der Waals surface area contributed by atoms with Crippen LogP contribution in [0, 0.1) is 0 Å². The minimum absolute atomic E-state index is 0.00190. The van der Waals surface area contributed by atoms with Gasteiger partial charge in [0.25, 0.3) is 0 Å². The first-order valence-corrected chi connectivity index (χ1v) is 10.5. The van der Waals surface area contributed by atoms with Crippen LogP contribution in [0.25, 0.3) is 0 Å². The number of carbonyl (C=O) groups excluding carboxylic acids is 2. The number of rotatable bonds is 9. The molecule has 1 unspecified atom stereocenters. The summed E-state index contributed by atoms with van der Waals surface area (Å²) >= 11 is 0. The van der Waals surface area contributed by atoms with Crippen LogP contribution in [0.15, 0.2) is 48.5 Å². The molecule has 1 fully saturated rings. The van der Waals surface area contributed by atoms with E-state index < -0.39 is 6.04 Å². The first-order valence-electron chi connectivity index (χ1n) is 10.5. The second kappa shape index (κ2) is 10.7. The number of methoxy groups -OCH3 is 1. The lowest BCUT2D eigenvalue weighted by atomic mass is 10.1. The van der Waals surface area contributed by atoms with Crippen molar-refractivity contribution in [3.05, 3.63) is 59.7 Å². The fraction of sp³-hybridized carbons (Fsp3) is 0.417. The number of likely N-dealkylation sites (tertiary alicyclic amines) is 1. The van der Waals surface area contributed by atoms with Crippen LogP contribution in [-0.2, 0) is 22.6 Å². The van der Waals surface area contributed by atoms with Crippen molar-refractivity contribution >= 4 is 11.8 Å². The number of carbonyl (C=O) groups is 2. The van der Waals surface area contributed by atoms with Crippen molar-refractivity contribution in [2.45, 2.75) is 45.2 Å². The zero-order chi connectivity index (χ0) is 21.3. The molecule has 6 heteroatoms. The van der Waals surface area contributed by atoms with E-state index in [1.54, 1.807) is 12.0 Å². The molecule has 1 aliphatic heterocycles. The molecule has 1 heterocycles. The minimum Gasteiger partial charge on any atom is -0.493 e. The van der Waals surface area contributed by atoms with Gasteiger partial charge in [0.15, 0.2) is 11.5 Å². The molecule has 1 aliphatic rings. The first kappa shape index (κ1) is 21.7. The fourth-order valence-corrected chi connectivity index (χ4v) is 3.67. The van der Waals surface area contributed by atoms with Gasteiger partial charge in [-0.3, -0.25) is 9.59 Å². The van der Waals surface area contributed by atoms with Crippen LogP contribution in [0.5, 0.6) is 11.5 Å². The maximum Gasteiger partial charge on any atom is 0.243 e. The summed E-state index contributed by atoms with van der Waals surface area (Å²) in [5.41, 5.74) is 1.88. The van der Waals surface area contributed by atoms with E-state index in [1.165, 1.54) is 0 Å². The summed E-state index contributed by atoms with van der Waals surface area (Å²) in [5.74, 6) is 1.23. The zero-order valence-corrected chi connectivity index (χ0v) is 17.7. The van der Waals surface area contributed by atoms with Gasteiger partial charge in [-0.1, -0.05) is 43.3 Å². The molecule has 0 bridgehead atoms. The standard InChI is InChI=1S/C24H30N2O4/c1-3-14-30-21-12-11-19(15-22(21)29-2)17-25-24(28)20-10-7-13-26(20)23(27)16-18-8-5-4-6-9-18/h4-6,8-9,11-12,15,20H,3,7,10,13-14,16-17H2,1-2H3,(H,25,28). The van der Waals surface area contributed by atoms with Gasteiger partial charge in [-0.15, -0.1) is 0 Å². The number of nitrogens with zero attached hydrogens (tertiary/aromatic N) is 1. The van der Waals surface area contributed by atoms with Crippen LogP contribution in [0.4, 0.5) is 0 Å². The second-order valence-electron chi connectivity index (χ2n) is 7.46. The van der Waals surface area contributed by atoms with E-state index in [0.29, 0.717) is 44.0 Å². The molecule has 2 aromatic rings. The highest BCUT2D eigenvalue weighted by Crippen LogP contribution is 2.28. The van der Waals surface area contributed by atoms with Crippen LogP contribution >= 0.6 is 0 Å². The summed E-state index contributed by atoms with van der Waals surface area (Å²) in [4.78, 5) is 27.2. The molecule has 1 N–H and O–H groups in total. The van der Waals surface area contributed by atoms with Crippen molar-refractivity contribution in [3.63, 3.8) is 0 Å². The van der Waals surface area contributed by atoms with Gasteiger partial charge in [0.1, 0.15) is 6.04 Å². The Morgan fingerprint density at radius 2 is 1.90 bits per heavy atom. The van der Waals surface area contributed by atoms with Gasteiger partial charge in [-0.25, -0.2) is 0 Å².